The third-order valence-electron chi connectivity index (χ3n) is 3.70. The van der Waals surface area contributed by atoms with Gasteiger partial charge < -0.3 is 9.15 Å². The van der Waals surface area contributed by atoms with Crippen LogP contribution in [0.5, 0.6) is 6.01 Å². The van der Waals surface area contributed by atoms with Gasteiger partial charge in [-0.3, -0.25) is 4.90 Å². The normalized spacial score (nSPS) is 19.3. The zero-order valence-electron chi connectivity index (χ0n) is 12.5. The number of likely N-dealkylation sites (tertiary alicyclic amines) is 1. The Labute approximate surface area is 138 Å². The number of hydrogen-bond donors (Lipinski definition) is 0. The summed E-state index contributed by atoms with van der Waals surface area (Å²) >= 11 is 3.31. The Hall–Kier alpha value is -1.47. The maximum Gasteiger partial charge on any atom is 0.316 e. The SMILES string of the molecule is Cc1nc(CN2CCCC(COc3ncc(Br)cn3)C2)co1. The van der Waals surface area contributed by atoms with Gasteiger partial charge in [-0.1, -0.05) is 0 Å². The van der Waals surface area contributed by atoms with Gasteiger partial charge in [-0.05, 0) is 35.3 Å². The predicted molar refractivity (Wildman–Crippen MR) is 84.5 cm³/mol. The summed E-state index contributed by atoms with van der Waals surface area (Å²) in [6.07, 6.45) is 7.48. The summed E-state index contributed by atoms with van der Waals surface area (Å²) in [5.41, 5.74) is 0.996. The van der Waals surface area contributed by atoms with Crippen LogP contribution >= 0.6 is 15.9 Å². The second kappa shape index (κ2) is 7.19. The fourth-order valence-corrected chi connectivity index (χ4v) is 2.91. The average molecular weight is 367 g/mol. The lowest BCUT2D eigenvalue weighted by atomic mass is 9.99. The van der Waals surface area contributed by atoms with E-state index < -0.39 is 0 Å². The van der Waals surface area contributed by atoms with Crippen molar-refractivity contribution in [2.45, 2.75) is 26.3 Å². The van der Waals surface area contributed by atoms with Gasteiger partial charge in [0.25, 0.3) is 0 Å². The van der Waals surface area contributed by atoms with E-state index in [0.29, 0.717) is 18.5 Å². The van der Waals surface area contributed by atoms with Crippen LogP contribution in [0, 0.1) is 12.8 Å². The molecule has 0 amide bonds. The standard InChI is InChI=1S/C15H19BrN4O2/c1-11-19-14(10-21-11)8-20-4-2-3-12(7-20)9-22-15-17-5-13(16)6-18-15/h5-6,10,12H,2-4,7-9H2,1H3. The number of rotatable bonds is 5. The van der Waals surface area contributed by atoms with Gasteiger partial charge in [-0.25, -0.2) is 15.0 Å². The van der Waals surface area contributed by atoms with E-state index in [1.54, 1.807) is 18.7 Å². The first kappa shape index (κ1) is 15.4. The molecule has 0 radical (unpaired) electrons. The van der Waals surface area contributed by atoms with Crippen molar-refractivity contribution in [1.82, 2.24) is 19.9 Å². The summed E-state index contributed by atoms with van der Waals surface area (Å²) in [6.45, 7) is 5.45. The summed E-state index contributed by atoms with van der Waals surface area (Å²) in [4.78, 5) is 15.0. The van der Waals surface area contributed by atoms with E-state index >= 15 is 0 Å². The van der Waals surface area contributed by atoms with Crippen LogP contribution in [0.15, 0.2) is 27.5 Å². The Kier molecular flexibility index (Phi) is 5.04. The van der Waals surface area contributed by atoms with Gasteiger partial charge in [-0.2, -0.15) is 0 Å². The molecule has 6 nitrogen and oxygen atoms in total. The summed E-state index contributed by atoms with van der Waals surface area (Å²) in [7, 11) is 0. The Morgan fingerprint density at radius 2 is 2.23 bits per heavy atom. The number of ether oxygens (including phenoxy) is 1. The number of oxazole rings is 1. The second-order valence-corrected chi connectivity index (χ2v) is 6.51. The molecule has 22 heavy (non-hydrogen) atoms. The lowest BCUT2D eigenvalue weighted by Crippen LogP contribution is -2.37. The van der Waals surface area contributed by atoms with Crippen molar-refractivity contribution >= 4 is 15.9 Å². The highest BCUT2D eigenvalue weighted by molar-refractivity contribution is 9.10. The van der Waals surface area contributed by atoms with E-state index in [4.69, 9.17) is 9.15 Å². The number of nitrogens with zero attached hydrogens (tertiary/aromatic N) is 4. The molecule has 2 aromatic rings. The van der Waals surface area contributed by atoms with E-state index in [2.05, 4.69) is 35.8 Å². The van der Waals surface area contributed by atoms with Crippen LogP contribution in [0.25, 0.3) is 0 Å². The molecule has 1 saturated heterocycles. The molecule has 7 heteroatoms. The minimum Gasteiger partial charge on any atom is -0.463 e. The smallest absolute Gasteiger partial charge is 0.316 e. The van der Waals surface area contributed by atoms with Crippen LogP contribution in [0.4, 0.5) is 0 Å². The van der Waals surface area contributed by atoms with Crippen LogP contribution in [-0.2, 0) is 6.54 Å². The van der Waals surface area contributed by atoms with Crippen molar-refractivity contribution in [2.75, 3.05) is 19.7 Å². The van der Waals surface area contributed by atoms with Gasteiger partial charge in [0.1, 0.15) is 6.26 Å². The highest BCUT2D eigenvalue weighted by Crippen LogP contribution is 2.19. The number of aromatic nitrogens is 3. The lowest BCUT2D eigenvalue weighted by molar-refractivity contribution is 0.119. The number of aryl methyl sites for hydroxylation is 1. The molecule has 0 aliphatic carbocycles. The molecular weight excluding hydrogens is 348 g/mol. The van der Waals surface area contributed by atoms with Crippen LogP contribution in [-0.4, -0.2) is 39.5 Å². The molecule has 1 atom stereocenters. The van der Waals surface area contributed by atoms with E-state index in [0.717, 1.165) is 35.7 Å². The zero-order valence-corrected chi connectivity index (χ0v) is 14.1. The molecular formula is C15H19BrN4O2. The monoisotopic (exact) mass is 366 g/mol. The molecule has 1 fully saturated rings. The van der Waals surface area contributed by atoms with Gasteiger partial charge >= 0.3 is 6.01 Å². The fraction of sp³-hybridized carbons (Fsp3) is 0.533. The Morgan fingerprint density at radius 3 is 2.95 bits per heavy atom. The van der Waals surface area contributed by atoms with Gasteiger partial charge in [0.2, 0.25) is 0 Å². The molecule has 1 unspecified atom stereocenters. The maximum atomic E-state index is 5.70. The molecule has 0 bridgehead atoms. The number of halogens is 1. The third-order valence-corrected chi connectivity index (χ3v) is 4.11. The first-order valence-electron chi connectivity index (χ1n) is 7.43. The van der Waals surface area contributed by atoms with Gasteiger partial charge in [-0.15, -0.1) is 0 Å². The second-order valence-electron chi connectivity index (χ2n) is 5.60. The number of hydrogen-bond acceptors (Lipinski definition) is 6. The summed E-state index contributed by atoms with van der Waals surface area (Å²) in [5, 5.41) is 0. The average Bonchev–Trinajstić information content (AvgIpc) is 2.92. The summed E-state index contributed by atoms with van der Waals surface area (Å²) in [6, 6.07) is 0.437. The van der Waals surface area contributed by atoms with Crippen molar-refractivity contribution in [3.63, 3.8) is 0 Å². The van der Waals surface area contributed by atoms with Gasteiger partial charge in [0, 0.05) is 38.3 Å². The topological polar surface area (TPSA) is 64.3 Å². The Morgan fingerprint density at radius 1 is 1.41 bits per heavy atom. The van der Waals surface area contributed by atoms with Crippen LogP contribution in [0.3, 0.4) is 0 Å². The van der Waals surface area contributed by atoms with Crippen LogP contribution in [0.1, 0.15) is 24.4 Å². The highest BCUT2D eigenvalue weighted by atomic mass is 79.9. The van der Waals surface area contributed by atoms with E-state index in [9.17, 15) is 0 Å². The highest BCUT2D eigenvalue weighted by Gasteiger charge is 2.21. The molecule has 0 spiro atoms. The Bertz CT molecular complexity index is 602. The van der Waals surface area contributed by atoms with Crippen LogP contribution < -0.4 is 4.74 Å². The van der Waals surface area contributed by atoms with Crippen molar-refractivity contribution in [1.29, 1.82) is 0 Å². The molecule has 0 aromatic carbocycles. The van der Waals surface area contributed by atoms with Gasteiger partial charge in [0.15, 0.2) is 5.89 Å². The fourth-order valence-electron chi connectivity index (χ4n) is 2.71. The summed E-state index contributed by atoms with van der Waals surface area (Å²) in [5.74, 6) is 1.22. The van der Waals surface area contributed by atoms with E-state index in [1.165, 1.54) is 12.8 Å². The van der Waals surface area contributed by atoms with Gasteiger partial charge in [0.05, 0.1) is 16.8 Å². The largest absolute Gasteiger partial charge is 0.463 e. The minimum absolute atomic E-state index is 0.437. The quantitative estimate of drug-likeness (QED) is 0.810. The zero-order chi connectivity index (χ0) is 15.4. The maximum absolute atomic E-state index is 5.70. The molecule has 1 aliphatic heterocycles. The van der Waals surface area contributed by atoms with Crippen molar-refractivity contribution < 1.29 is 9.15 Å². The molecule has 118 valence electrons. The first-order valence-corrected chi connectivity index (χ1v) is 8.22. The summed E-state index contributed by atoms with van der Waals surface area (Å²) < 4.78 is 11.8. The third kappa shape index (κ3) is 4.27. The van der Waals surface area contributed by atoms with Crippen molar-refractivity contribution in [3.05, 3.63) is 34.7 Å². The minimum atomic E-state index is 0.437. The first-order chi connectivity index (χ1) is 10.7. The molecule has 0 N–H and O–H groups in total. The molecule has 3 heterocycles. The molecule has 2 aromatic heterocycles. The molecule has 0 saturated carbocycles. The lowest BCUT2D eigenvalue weighted by Gasteiger charge is -2.31. The molecule has 1 aliphatic rings. The Balaban J connectivity index is 1.49. The predicted octanol–water partition coefficient (Wildman–Crippen LogP) is 2.83. The number of piperidine rings is 1. The van der Waals surface area contributed by atoms with Crippen LogP contribution in [0.2, 0.25) is 0 Å². The van der Waals surface area contributed by atoms with E-state index in [1.807, 2.05) is 6.92 Å². The van der Waals surface area contributed by atoms with E-state index in [-0.39, 0.29) is 0 Å². The van der Waals surface area contributed by atoms with Crippen molar-refractivity contribution in [3.8, 4) is 6.01 Å². The molecule has 3 rings (SSSR count). The van der Waals surface area contributed by atoms with Crippen molar-refractivity contribution in [2.24, 2.45) is 5.92 Å².